The lowest BCUT2D eigenvalue weighted by atomic mass is 9.91. The molecule has 0 aliphatic rings. The number of rotatable bonds is 2. The van der Waals surface area contributed by atoms with Crippen LogP contribution in [0.4, 0.5) is 4.39 Å². The molecule has 0 saturated carbocycles. The average molecular weight is 243 g/mol. The normalized spacial score (nSPS) is 10.7. The van der Waals surface area contributed by atoms with Crippen LogP contribution in [0.5, 0.6) is 0 Å². The number of nitrogens with one attached hydrogen (secondary N) is 1. The van der Waals surface area contributed by atoms with Gasteiger partial charge in [0.05, 0.1) is 10.7 Å². The highest BCUT2D eigenvalue weighted by molar-refractivity contribution is 9.10. The van der Waals surface area contributed by atoms with E-state index in [0.29, 0.717) is 10.0 Å². The molecule has 5 heteroatoms. The van der Waals surface area contributed by atoms with Gasteiger partial charge in [-0.3, -0.25) is 0 Å². The first-order chi connectivity index (χ1) is 6.16. The first-order valence-electron chi connectivity index (χ1n) is 3.81. The van der Waals surface area contributed by atoms with Crippen LogP contribution in [0.15, 0.2) is 21.7 Å². The molecular weight excluding hydrogens is 234 g/mol. The molecule has 13 heavy (non-hydrogen) atoms. The second kappa shape index (κ2) is 4.41. The first kappa shape index (κ1) is 10.2. The minimum atomic E-state index is -0.279. The molecule has 0 bridgehead atoms. The van der Waals surface area contributed by atoms with E-state index in [1.54, 1.807) is 13.1 Å². The Balaban J connectivity index is 3.17. The van der Waals surface area contributed by atoms with E-state index < -0.39 is 0 Å². The van der Waals surface area contributed by atoms with Crippen LogP contribution in [-0.2, 0) is 0 Å². The lowest BCUT2D eigenvalue weighted by Crippen LogP contribution is -2.13. The zero-order valence-corrected chi connectivity index (χ0v) is 9.02. The Bertz CT molecular complexity index is 341. The third-order valence-corrected chi connectivity index (χ3v) is 2.29. The van der Waals surface area contributed by atoms with Crippen molar-refractivity contribution < 1.29 is 4.39 Å². The van der Waals surface area contributed by atoms with Crippen molar-refractivity contribution >= 4 is 35.5 Å². The Morgan fingerprint density at radius 1 is 1.62 bits per heavy atom. The third-order valence-electron chi connectivity index (χ3n) is 1.67. The topological polar surface area (TPSA) is 24.4 Å². The summed E-state index contributed by atoms with van der Waals surface area (Å²) in [6, 6.07) is 3.52. The quantitative estimate of drug-likeness (QED) is 0.453. The summed E-state index contributed by atoms with van der Waals surface area (Å²) < 4.78 is 13.9. The average Bonchev–Trinajstić information content (AvgIpc) is 2.12. The van der Waals surface area contributed by atoms with Gasteiger partial charge in [0.2, 0.25) is 0 Å². The zero-order valence-electron chi connectivity index (χ0n) is 7.44. The highest BCUT2D eigenvalue weighted by atomic mass is 79.9. The monoisotopic (exact) mass is 242 g/mol. The van der Waals surface area contributed by atoms with E-state index in [1.807, 2.05) is 13.9 Å². The van der Waals surface area contributed by atoms with Gasteiger partial charge in [-0.2, -0.15) is 5.10 Å². The highest BCUT2D eigenvalue weighted by Gasteiger charge is 2.06. The van der Waals surface area contributed by atoms with E-state index >= 15 is 0 Å². The molecule has 0 aromatic heterocycles. The molecule has 0 unspecified atom stereocenters. The number of hydrogen-bond donors (Lipinski definition) is 1. The maximum absolute atomic E-state index is 13.4. The van der Waals surface area contributed by atoms with Gasteiger partial charge in [0.1, 0.15) is 13.7 Å². The summed E-state index contributed by atoms with van der Waals surface area (Å²) >= 11 is 3.12. The van der Waals surface area contributed by atoms with Gasteiger partial charge in [-0.25, -0.2) is 4.39 Å². The highest BCUT2D eigenvalue weighted by Crippen LogP contribution is 2.15. The smallest absolute Gasteiger partial charge is 0.145 e. The Kier molecular flexibility index (Phi) is 3.48. The molecule has 0 amide bonds. The van der Waals surface area contributed by atoms with Gasteiger partial charge in [-0.15, -0.1) is 0 Å². The minimum absolute atomic E-state index is 0.279. The van der Waals surface area contributed by atoms with Crippen LogP contribution in [-0.4, -0.2) is 21.1 Å². The Labute approximate surface area is 85.8 Å². The zero-order chi connectivity index (χ0) is 9.84. The fourth-order valence-electron chi connectivity index (χ4n) is 0.950. The maximum Gasteiger partial charge on any atom is 0.145 e. The minimum Gasteiger partial charge on any atom is -0.313 e. The van der Waals surface area contributed by atoms with Gasteiger partial charge in [0.25, 0.3) is 0 Å². The molecule has 1 aromatic carbocycles. The van der Waals surface area contributed by atoms with Gasteiger partial charge < -0.3 is 5.43 Å². The van der Waals surface area contributed by atoms with E-state index in [-0.39, 0.29) is 5.82 Å². The number of benzene rings is 1. The van der Waals surface area contributed by atoms with Crippen molar-refractivity contribution in [3.05, 3.63) is 28.0 Å². The van der Waals surface area contributed by atoms with Crippen LogP contribution < -0.4 is 10.9 Å². The molecule has 0 aliphatic heterocycles. The number of halogens is 2. The maximum atomic E-state index is 13.4. The summed E-state index contributed by atoms with van der Waals surface area (Å²) in [4.78, 5) is 0. The van der Waals surface area contributed by atoms with Crippen LogP contribution in [0.25, 0.3) is 0 Å². The molecule has 0 spiro atoms. The largest absolute Gasteiger partial charge is 0.313 e. The van der Waals surface area contributed by atoms with Crippen LogP contribution in [0.1, 0.15) is 5.56 Å². The molecule has 0 heterocycles. The summed E-state index contributed by atoms with van der Waals surface area (Å²) in [5.74, 6) is -0.279. The van der Waals surface area contributed by atoms with E-state index in [0.717, 1.165) is 5.46 Å². The number of nitrogens with zero attached hydrogens (tertiary/aromatic N) is 1. The van der Waals surface area contributed by atoms with Crippen molar-refractivity contribution in [2.75, 3.05) is 7.05 Å². The molecule has 0 saturated heterocycles. The van der Waals surface area contributed by atoms with Crippen molar-refractivity contribution in [1.82, 2.24) is 5.43 Å². The van der Waals surface area contributed by atoms with Crippen LogP contribution in [0.2, 0.25) is 0 Å². The van der Waals surface area contributed by atoms with Gasteiger partial charge in [0, 0.05) is 12.6 Å². The van der Waals surface area contributed by atoms with Crippen molar-refractivity contribution in [1.29, 1.82) is 0 Å². The molecule has 1 aromatic rings. The lowest BCUT2D eigenvalue weighted by Gasteiger charge is -2.03. The Morgan fingerprint density at radius 3 is 2.92 bits per heavy atom. The molecule has 0 fully saturated rings. The number of hydrazone groups is 1. The Morgan fingerprint density at radius 2 is 2.31 bits per heavy atom. The second-order valence-corrected chi connectivity index (χ2v) is 3.43. The summed E-state index contributed by atoms with van der Waals surface area (Å²) in [5.41, 5.74) is 3.94. The Hall–Kier alpha value is -0.835. The van der Waals surface area contributed by atoms with Crippen molar-refractivity contribution in [2.24, 2.45) is 5.10 Å². The standard InChI is InChI=1S/C8H9BBrFN2/c1-12-13-4-5-6(9)2-3-7(10)8(5)11/h2-4,12H,9H2,1H3/b13-4+. The molecular formula is C8H9BBrFN2. The van der Waals surface area contributed by atoms with Crippen LogP contribution in [0, 0.1) is 5.82 Å². The molecule has 68 valence electrons. The predicted octanol–water partition coefficient (Wildman–Crippen LogP) is 0.400. The molecule has 1 rings (SSSR count). The van der Waals surface area contributed by atoms with Gasteiger partial charge >= 0.3 is 0 Å². The summed E-state index contributed by atoms with van der Waals surface area (Å²) in [7, 11) is 3.51. The van der Waals surface area contributed by atoms with Crippen molar-refractivity contribution in [3.8, 4) is 0 Å². The second-order valence-electron chi connectivity index (χ2n) is 2.57. The van der Waals surface area contributed by atoms with Crippen LogP contribution in [0.3, 0.4) is 0 Å². The summed E-state index contributed by atoms with van der Waals surface area (Å²) in [5, 5.41) is 3.77. The predicted molar refractivity (Wildman–Crippen MR) is 58.9 cm³/mol. The van der Waals surface area contributed by atoms with Crippen molar-refractivity contribution in [3.63, 3.8) is 0 Å². The van der Waals surface area contributed by atoms with Gasteiger partial charge in [0.15, 0.2) is 0 Å². The van der Waals surface area contributed by atoms with E-state index in [9.17, 15) is 4.39 Å². The van der Waals surface area contributed by atoms with Crippen molar-refractivity contribution in [2.45, 2.75) is 0 Å². The molecule has 2 nitrogen and oxygen atoms in total. The molecule has 0 atom stereocenters. The van der Waals surface area contributed by atoms with Crippen LogP contribution >= 0.6 is 15.9 Å². The molecule has 1 N–H and O–H groups in total. The van der Waals surface area contributed by atoms with E-state index in [4.69, 9.17) is 0 Å². The van der Waals surface area contributed by atoms with E-state index in [2.05, 4.69) is 26.5 Å². The molecule has 0 radical (unpaired) electrons. The van der Waals surface area contributed by atoms with Gasteiger partial charge in [-0.05, 0) is 22.0 Å². The first-order valence-corrected chi connectivity index (χ1v) is 4.60. The molecule has 0 aliphatic carbocycles. The number of hydrogen-bond acceptors (Lipinski definition) is 2. The summed E-state index contributed by atoms with van der Waals surface area (Å²) in [6.07, 6.45) is 1.47. The lowest BCUT2D eigenvalue weighted by molar-refractivity contribution is 0.620. The third kappa shape index (κ3) is 2.31. The van der Waals surface area contributed by atoms with E-state index in [1.165, 1.54) is 6.21 Å². The van der Waals surface area contributed by atoms with Gasteiger partial charge in [-0.1, -0.05) is 11.5 Å². The SMILES string of the molecule is Bc1ccc(Br)c(F)c1/C=N/NC. The fraction of sp³-hybridized carbons (Fsp3) is 0.125. The summed E-state index contributed by atoms with van der Waals surface area (Å²) in [6.45, 7) is 0. The fourth-order valence-corrected chi connectivity index (χ4v) is 1.30.